The minimum Gasteiger partial charge on any atom is -0.378 e. The minimum absolute atomic E-state index is 0.0443. The fraction of sp³-hybridized carbons (Fsp3) is 0.692. The highest BCUT2D eigenvalue weighted by molar-refractivity contribution is 5.69. The summed E-state index contributed by atoms with van der Waals surface area (Å²) in [6, 6.07) is 0. The number of nitro groups is 1. The van der Waals surface area contributed by atoms with Gasteiger partial charge in [0.05, 0.1) is 11.0 Å². The van der Waals surface area contributed by atoms with E-state index in [-0.39, 0.29) is 29.4 Å². The van der Waals surface area contributed by atoms with E-state index in [9.17, 15) is 10.1 Å². The number of nitrogens with zero attached hydrogens (tertiary/aromatic N) is 3. The van der Waals surface area contributed by atoms with Gasteiger partial charge in [0.15, 0.2) is 0 Å². The maximum atomic E-state index is 11.2. The quantitative estimate of drug-likeness (QED) is 0.512. The number of rotatable bonds is 7. The van der Waals surface area contributed by atoms with Crippen LogP contribution in [0.15, 0.2) is 0 Å². The molecule has 0 aliphatic carbocycles. The maximum Gasteiger partial charge on any atom is 0.353 e. The Labute approximate surface area is 128 Å². The average molecular weight is 310 g/mol. The molecule has 1 aromatic heterocycles. The molecule has 2 heterocycles. The van der Waals surface area contributed by atoms with Crippen LogP contribution in [-0.4, -0.2) is 40.7 Å². The molecule has 1 aliphatic heterocycles. The summed E-state index contributed by atoms with van der Waals surface area (Å²) in [6.07, 6.45) is 1.98. The molecule has 9 nitrogen and oxygen atoms in total. The highest BCUT2D eigenvalue weighted by Gasteiger charge is 2.24. The summed E-state index contributed by atoms with van der Waals surface area (Å²) in [5.41, 5.74) is 5.41. The second kappa shape index (κ2) is 7.21. The lowest BCUT2D eigenvalue weighted by Gasteiger charge is -2.13. The zero-order valence-corrected chi connectivity index (χ0v) is 12.8. The second-order valence-corrected chi connectivity index (χ2v) is 5.68. The van der Waals surface area contributed by atoms with Gasteiger partial charge in [-0.3, -0.25) is 10.1 Å². The summed E-state index contributed by atoms with van der Waals surface area (Å²) in [6.45, 7) is 5.92. The first kappa shape index (κ1) is 16.2. The lowest BCUT2D eigenvalue weighted by Crippen LogP contribution is -2.21. The van der Waals surface area contributed by atoms with Crippen LogP contribution in [0.5, 0.6) is 0 Å². The summed E-state index contributed by atoms with van der Waals surface area (Å²) in [5, 5.41) is 17.2. The van der Waals surface area contributed by atoms with Crippen LogP contribution in [-0.2, 0) is 4.74 Å². The number of nitrogens with two attached hydrogens (primary N) is 1. The number of hydrogen-bond acceptors (Lipinski definition) is 8. The van der Waals surface area contributed by atoms with Gasteiger partial charge in [0.1, 0.15) is 0 Å². The highest BCUT2D eigenvalue weighted by atomic mass is 16.6. The molecule has 0 unspecified atom stereocenters. The van der Waals surface area contributed by atoms with Gasteiger partial charge in [0.25, 0.3) is 0 Å². The van der Waals surface area contributed by atoms with Gasteiger partial charge in [-0.15, -0.1) is 0 Å². The predicted molar refractivity (Wildman–Crippen MR) is 83.9 cm³/mol. The lowest BCUT2D eigenvalue weighted by atomic mass is 10.2. The number of ether oxygens (including phenoxy) is 1. The fourth-order valence-corrected chi connectivity index (χ4v) is 2.17. The molecule has 9 heteroatoms. The smallest absolute Gasteiger partial charge is 0.353 e. The van der Waals surface area contributed by atoms with E-state index in [2.05, 4.69) is 20.6 Å². The molecule has 4 N–H and O–H groups in total. The van der Waals surface area contributed by atoms with E-state index in [0.29, 0.717) is 19.0 Å². The molecule has 0 spiro atoms. The standard InChI is InChI=1S/C13H22N6O3/c1-8(2)6-16-13-17-11(14)10(19(20)21)12(18-13)15-7-9-4-3-5-22-9/h8-9H,3-7H2,1-2H3,(H4,14,15,16,17,18)/t9-/m1/s1. The van der Waals surface area contributed by atoms with Gasteiger partial charge < -0.3 is 21.1 Å². The number of nitrogen functional groups attached to an aromatic ring is 1. The third-order valence-electron chi connectivity index (χ3n) is 3.28. The summed E-state index contributed by atoms with van der Waals surface area (Å²) in [4.78, 5) is 18.7. The first-order valence-corrected chi connectivity index (χ1v) is 7.38. The van der Waals surface area contributed by atoms with Crippen LogP contribution in [0.2, 0.25) is 0 Å². The average Bonchev–Trinajstić information content (AvgIpc) is 2.95. The van der Waals surface area contributed by atoms with Crippen molar-refractivity contribution in [3.05, 3.63) is 10.1 Å². The molecular formula is C13H22N6O3. The Morgan fingerprint density at radius 3 is 2.82 bits per heavy atom. The maximum absolute atomic E-state index is 11.2. The summed E-state index contributed by atoms with van der Waals surface area (Å²) in [5.74, 6) is 0.648. The molecule has 2 rings (SSSR count). The summed E-state index contributed by atoms with van der Waals surface area (Å²) < 4.78 is 5.49. The molecular weight excluding hydrogens is 288 g/mol. The molecule has 0 saturated carbocycles. The van der Waals surface area contributed by atoms with Crippen LogP contribution in [0.25, 0.3) is 0 Å². The number of hydrogen-bond donors (Lipinski definition) is 3. The second-order valence-electron chi connectivity index (χ2n) is 5.68. The Kier molecular flexibility index (Phi) is 5.31. The third kappa shape index (κ3) is 4.17. The zero-order valence-electron chi connectivity index (χ0n) is 12.8. The van der Waals surface area contributed by atoms with Crippen molar-refractivity contribution >= 4 is 23.3 Å². The van der Waals surface area contributed by atoms with E-state index in [4.69, 9.17) is 10.5 Å². The zero-order chi connectivity index (χ0) is 16.1. The molecule has 122 valence electrons. The Hall–Kier alpha value is -2.16. The topological polar surface area (TPSA) is 128 Å². The monoisotopic (exact) mass is 310 g/mol. The van der Waals surface area contributed by atoms with Gasteiger partial charge in [-0.05, 0) is 18.8 Å². The van der Waals surface area contributed by atoms with E-state index in [1.165, 1.54) is 0 Å². The van der Waals surface area contributed by atoms with Gasteiger partial charge in [-0.2, -0.15) is 9.97 Å². The Bertz CT molecular complexity index is 531. The van der Waals surface area contributed by atoms with Crippen LogP contribution in [0, 0.1) is 16.0 Å². The minimum atomic E-state index is -0.570. The first-order chi connectivity index (χ1) is 10.5. The van der Waals surface area contributed by atoms with Crippen LogP contribution in [0.1, 0.15) is 26.7 Å². The van der Waals surface area contributed by atoms with Crippen molar-refractivity contribution in [3.8, 4) is 0 Å². The van der Waals surface area contributed by atoms with Gasteiger partial charge in [-0.25, -0.2) is 0 Å². The van der Waals surface area contributed by atoms with Gasteiger partial charge in [-0.1, -0.05) is 13.8 Å². The van der Waals surface area contributed by atoms with Crippen LogP contribution in [0.4, 0.5) is 23.3 Å². The van der Waals surface area contributed by atoms with Crippen molar-refractivity contribution in [1.29, 1.82) is 0 Å². The highest BCUT2D eigenvalue weighted by Crippen LogP contribution is 2.29. The lowest BCUT2D eigenvalue weighted by molar-refractivity contribution is -0.383. The Morgan fingerprint density at radius 2 is 2.23 bits per heavy atom. The molecule has 1 aliphatic rings. The van der Waals surface area contributed by atoms with Crippen molar-refractivity contribution in [2.24, 2.45) is 5.92 Å². The van der Waals surface area contributed by atoms with Crippen molar-refractivity contribution in [2.75, 3.05) is 36.1 Å². The van der Waals surface area contributed by atoms with Crippen molar-refractivity contribution in [1.82, 2.24) is 9.97 Å². The molecule has 0 aromatic carbocycles. The van der Waals surface area contributed by atoms with Crippen molar-refractivity contribution in [3.63, 3.8) is 0 Å². The van der Waals surface area contributed by atoms with Gasteiger partial charge in [0, 0.05) is 19.7 Å². The largest absolute Gasteiger partial charge is 0.378 e. The molecule has 1 atom stereocenters. The van der Waals surface area contributed by atoms with Gasteiger partial charge in [0.2, 0.25) is 17.6 Å². The van der Waals surface area contributed by atoms with Crippen LogP contribution in [0.3, 0.4) is 0 Å². The molecule has 0 bridgehead atoms. The first-order valence-electron chi connectivity index (χ1n) is 7.38. The Morgan fingerprint density at radius 1 is 1.45 bits per heavy atom. The number of nitrogens with one attached hydrogen (secondary N) is 2. The van der Waals surface area contributed by atoms with Crippen LogP contribution >= 0.6 is 0 Å². The number of aromatic nitrogens is 2. The van der Waals surface area contributed by atoms with E-state index in [1.54, 1.807) is 0 Å². The third-order valence-corrected chi connectivity index (χ3v) is 3.28. The molecule has 1 saturated heterocycles. The van der Waals surface area contributed by atoms with Crippen molar-refractivity contribution in [2.45, 2.75) is 32.8 Å². The van der Waals surface area contributed by atoms with E-state index in [1.807, 2.05) is 13.8 Å². The van der Waals surface area contributed by atoms with Crippen LogP contribution < -0.4 is 16.4 Å². The molecule has 22 heavy (non-hydrogen) atoms. The molecule has 1 fully saturated rings. The van der Waals surface area contributed by atoms with E-state index >= 15 is 0 Å². The molecule has 0 amide bonds. The molecule has 1 aromatic rings. The fourth-order valence-electron chi connectivity index (χ4n) is 2.17. The normalized spacial score (nSPS) is 17.7. The van der Waals surface area contributed by atoms with Gasteiger partial charge >= 0.3 is 5.69 Å². The van der Waals surface area contributed by atoms with Crippen molar-refractivity contribution < 1.29 is 9.66 Å². The predicted octanol–water partition coefficient (Wildman–Crippen LogP) is 1.63. The van der Waals surface area contributed by atoms with E-state index in [0.717, 1.165) is 19.4 Å². The van der Waals surface area contributed by atoms with E-state index < -0.39 is 4.92 Å². The Balaban J connectivity index is 2.16. The summed E-state index contributed by atoms with van der Waals surface area (Å²) >= 11 is 0. The SMILES string of the molecule is CC(C)CNc1nc(N)c([N+](=O)[O-])c(NC[C@H]2CCCO2)n1. The summed E-state index contributed by atoms with van der Waals surface area (Å²) in [7, 11) is 0. The molecule has 0 radical (unpaired) electrons. The number of anilines is 3.